The minimum atomic E-state index is 0.632. The molecule has 2 aromatic rings. The second kappa shape index (κ2) is 5.19. The van der Waals surface area contributed by atoms with Crippen molar-refractivity contribution in [3.8, 4) is 0 Å². The summed E-state index contributed by atoms with van der Waals surface area (Å²) in [5, 5.41) is 13.0. The maximum atomic E-state index is 4.75. The SMILES string of the molecule is Cc1nnc2ccc(N3CCC4CCC(C3)N4C(C)C)nn12. The van der Waals surface area contributed by atoms with Crippen LogP contribution in [0, 0.1) is 6.92 Å². The van der Waals surface area contributed by atoms with Crippen LogP contribution in [0.15, 0.2) is 12.1 Å². The van der Waals surface area contributed by atoms with Crippen molar-refractivity contribution in [2.24, 2.45) is 0 Å². The number of nitrogens with zero attached hydrogens (tertiary/aromatic N) is 6. The van der Waals surface area contributed by atoms with E-state index in [1.807, 2.05) is 17.5 Å². The van der Waals surface area contributed by atoms with Gasteiger partial charge in [-0.25, -0.2) is 0 Å². The van der Waals surface area contributed by atoms with Crippen LogP contribution in [0.3, 0.4) is 0 Å². The molecule has 2 aromatic heterocycles. The lowest BCUT2D eigenvalue weighted by molar-refractivity contribution is 0.158. The van der Waals surface area contributed by atoms with E-state index in [4.69, 9.17) is 5.10 Å². The van der Waals surface area contributed by atoms with Gasteiger partial charge in [-0.2, -0.15) is 4.52 Å². The lowest BCUT2D eigenvalue weighted by Gasteiger charge is -2.32. The zero-order chi connectivity index (χ0) is 15.3. The smallest absolute Gasteiger partial charge is 0.178 e. The van der Waals surface area contributed by atoms with Crippen LogP contribution in [-0.4, -0.2) is 55.9 Å². The molecule has 2 aliphatic heterocycles. The average molecular weight is 300 g/mol. The largest absolute Gasteiger partial charge is 0.354 e. The minimum absolute atomic E-state index is 0.632. The van der Waals surface area contributed by atoms with Crippen LogP contribution in [0.2, 0.25) is 0 Å². The molecule has 0 N–H and O–H groups in total. The van der Waals surface area contributed by atoms with Crippen LogP contribution in [0.25, 0.3) is 5.65 Å². The molecule has 118 valence electrons. The third kappa shape index (κ3) is 2.17. The molecule has 6 heteroatoms. The highest BCUT2D eigenvalue weighted by Crippen LogP contribution is 2.33. The van der Waals surface area contributed by atoms with Crippen molar-refractivity contribution in [2.75, 3.05) is 18.0 Å². The topological polar surface area (TPSA) is 49.6 Å². The summed E-state index contributed by atoms with van der Waals surface area (Å²) in [5.74, 6) is 1.89. The molecular formula is C16H24N6. The quantitative estimate of drug-likeness (QED) is 0.847. The van der Waals surface area contributed by atoms with Crippen LogP contribution in [0.4, 0.5) is 5.82 Å². The Kier molecular flexibility index (Phi) is 3.29. The van der Waals surface area contributed by atoms with Crippen molar-refractivity contribution in [2.45, 2.75) is 58.2 Å². The predicted octanol–water partition coefficient (Wildman–Crippen LogP) is 1.88. The first-order chi connectivity index (χ1) is 10.6. The molecule has 22 heavy (non-hydrogen) atoms. The van der Waals surface area contributed by atoms with Gasteiger partial charge in [0.05, 0.1) is 0 Å². The standard InChI is InChI=1S/C16H24N6/c1-11(2)21-13-4-5-14(21)10-20(9-8-13)16-7-6-15-18-17-12(3)22(15)19-16/h6-7,11,13-14H,4-5,8-10H2,1-3H3. The molecule has 0 radical (unpaired) electrons. The number of aromatic nitrogens is 4. The van der Waals surface area contributed by atoms with E-state index in [-0.39, 0.29) is 0 Å². The third-order valence-corrected chi connectivity index (χ3v) is 5.16. The Morgan fingerprint density at radius 1 is 1.09 bits per heavy atom. The van der Waals surface area contributed by atoms with Gasteiger partial charge in [-0.1, -0.05) is 0 Å². The zero-order valence-corrected chi connectivity index (χ0v) is 13.6. The molecule has 2 atom stereocenters. The maximum absolute atomic E-state index is 4.75. The van der Waals surface area contributed by atoms with Crippen molar-refractivity contribution in [1.29, 1.82) is 0 Å². The van der Waals surface area contributed by atoms with E-state index >= 15 is 0 Å². The molecule has 0 aliphatic carbocycles. The Balaban J connectivity index is 1.63. The Morgan fingerprint density at radius 3 is 2.73 bits per heavy atom. The van der Waals surface area contributed by atoms with Crippen molar-refractivity contribution in [3.63, 3.8) is 0 Å². The summed E-state index contributed by atoms with van der Waals surface area (Å²) in [6.45, 7) is 8.76. The highest BCUT2D eigenvalue weighted by atomic mass is 15.4. The maximum Gasteiger partial charge on any atom is 0.178 e. The fraction of sp³-hybridized carbons (Fsp3) is 0.688. The van der Waals surface area contributed by atoms with E-state index in [9.17, 15) is 0 Å². The van der Waals surface area contributed by atoms with Crippen LogP contribution in [0.1, 0.15) is 38.9 Å². The highest BCUT2D eigenvalue weighted by Gasteiger charge is 2.38. The molecule has 0 amide bonds. The number of rotatable bonds is 2. The molecule has 2 bridgehead atoms. The van der Waals surface area contributed by atoms with E-state index < -0.39 is 0 Å². The van der Waals surface area contributed by atoms with E-state index in [0.717, 1.165) is 36.4 Å². The van der Waals surface area contributed by atoms with Gasteiger partial charge in [-0.05, 0) is 52.2 Å². The summed E-state index contributed by atoms with van der Waals surface area (Å²) in [6, 6.07) is 6.14. The van der Waals surface area contributed by atoms with E-state index in [1.165, 1.54) is 19.3 Å². The Labute approximate surface area is 131 Å². The third-order valence-electron chi connectivity index (χ3n) is 5.16. The predicted molar refractivity (Wildman–Crippen MR) is 86.1 cm³/mol. The first kappa shape index (κ1) is 13.9. The average Bonchev–Trinajstić information content (AvgIpc) is 2.99. The van der Waals surface area contributed by atoms with Gasteiger partial charge >= 0.3 is 0 Å². The van der Waals surface area contributed by atoms with E-state index in [2.05, 4.69) is 39.9 Å². The first-order valence-corrected chi connectivity index (χ1v) is 8.35. The fourth-order valence-electron chi connectivity index (χ4n) is 4.22. The minimum Gasteiger partial charge on any atom is -0.354 e. The molecule has 2 saturated heterocycles. The molecule has 0 aromatic carbocycles. The summed E-state index contributed by atoms with van der Waals surface area (Å²) in [6.07, 6.45) is 3.90. The molecule has 2 fully saturated rings. The van der Waals surface area contributed by atoms with Gasteiger partial charge in [0, 0.05) is 31.2 Å². The van der Waals surface area contributed by atoms with Gasteiger partial charge in [0.1, 0.15) is 5.82 Å². The zero-order valence-electron chi connectivity index (χ0n) is 13.6. The molecule has 0 saturated carbocycles. The number of hydrogen-bond donors (Lipinski definition) is 0. The van der Waals surface area contributed by atoms with Crippen LogP contribution in [-0.2, 0) is 0 Å². The first-order valence-electron chi connectivity index (χ1n) is 8.35. The Morgan fingerprint density at radius 2 is 1.91 bits per heavy atom. The number of hydrogen-bond acceptors (Lipinski definition) is 5. The Hall–Kier alpha value is -1.69. The van der Waals surface area contributed by atoms with Crippen molar-refractivity contribution in [3.05, 3.63) is 18.0 Å². The van der Waals surface area contributed by atoms with Crippen LogP contribution >= 0.6 is 0 Å². The normalized spacial score (nSPS) is 26.1. The summed E-state index contributed by atoms with van der Waals surface area (Å²) >= 11 is 0. The molecule has 4 rings (SSSR count). The lowest BCUT2D eigenvalue weighted by atomic mass is 10.1. The Bertz CT molecular complexity index is 678. The number of anilines is 1. The van der Waals surface area contributed by atoms with Gasteiger partial charge in [-0.3, -0.25) is 4.90 Å². The van der Waals surface area contributed by atoms with Crippen LogP contribution in [0.5, 0.6) is 0 Å². The fourth-order valence-corrected chi connectivity index (χ4v) is 4.22. The van der Waals surface area contributed by atoms with Gasteiger partial charge in [0.2, 0.25) is 0 Å². The summed E-state index contributed by atoms with van der Waals surface area (Å²) in [4.78, 5) is 5.17. The van der Waals surface area contributed by atoms with Crippen molar-refractivity contribution < 1.29 is 0 Å². The second-order valence-corrected chi connectivity index (χ2v) is 6.87. The molecule has 2 aliphatic rings. The van der Waals surface area contributed by atoms with Crippen molar-refractivity contribution >= 4 is 11.5 Å². The summed E-state index contributed by atoms with van der Waals surface area (Å²) in [5.41, 5.74) is 0.821. The highest BCUT2D eigenvalue weighted by molar-refractivity contribution is 5.46. The van der Waals surface area contributed by atoms with E-state index in [1.54, 1.807) is 0 Å². The summed E-state index contributed by atoms with van der Waals surface area (Å²) < 4.78 is 1.85. The van der Waals surface area contributed by atoms with Gasteiger partial charge in [0.25, 0.3) is 0 Å². The number of aryl methyl sites for hydroxylation is 1. The molecule has 6 nitrogen and oxygen atoms in total. The number of fused-ring (bicyclic) bond motifs is 3. The van der Waals surface area contributed by atoms with Gasteiger partial charge in [0.15, 0.2) is 11.5 Å². The van der Waals surface area contributed by atoms with Gasteiger partial charge < -0.3 is 4.90 Å². The van der Waals surface area contributed by atoms with E-state index in [0.29, 0.717) is 12.1 Å². The lowest BCUT2D eigenvalue weighted by Crippen LogP contribution is -2.43. The monoisotopic (exact) mass is 300 g/mol. The molecular weight excluding hydrogens is 276 g/mol. The summed E-state index contributed by atoms with van der Waals surface area (Å²) in [7, 11) is 0. The van der Waals surface area contributed by atoms with Crippen LogP contribution < -0.4 is 4.90 Å². The molecule has 4 heterocycles. The van der Waals surface area contributed by atoms with Crippen molar-refractivity contribution in [1.82, 2.24) is 24.7 Å². The molecule has 0 spiro atoms. The second-order valence-electron chi connectivity index (χ2n) is 6.87. The van der Waals surface area contributed by atoms with Gasteiger partial charge in [-0.15, -0.1) is 15.3 Å². The molecule has 2 unspecified atom stereocenters.